The van der Waals surface area contributed by atoms with Crippen LogP contribution in [-0.2, 0) is 10.0 Å². The van der Waals surface area contributed by atoms with Crippen molar-refractivity contribution in [3.63, 3.8) is 0 Å². The number of aromatic nitrogens is 1. The highest BCUT2D eigenvalue weighted by molar-refractivity contribution is 7.89. The number of anilines is 1. The molecule has 0 saturated heterocycles. The van der Waals surface area contributed by atoms with Gasteiger partial charge in [0.05, 0.1) is 0 Å². The van der Waals surface area contributed by atoms with Crippen molar-refractivity contribution in [2.45, 2.75) is 38.0 Å². The van der Waals surface area contributed by atoms with E-state index in [2.05, 4.69) is 27.7 Å². The molecule has 1 aliphatic carbocycles. The number of hydrogen-bond donors (Lipinski definition) is 1. The minimum absolute atomic E-state index is 0.202. The number of hydrogen-bond acceptors (Lipinski definition) is 5. The lowest BCUT2D eigenvalue weighted by atomic mass is 9.96. The van der Waals surface area contributed by atoms with Crippen LogP contribution in [0.4, 0.5) is 5.82 Å². The summed E-state index contributed by atoms with van der Waals surface area (Å²) in [4.78, 5) is 4.34. The monoisotopic (exact) mass is 336 g/mol. The van der Waals surface area contributed by atoms with E-state index in [1.807, 2.05) is 20.1 Å². The molecule has 1 aromatic heterocycles. The molecule has 0 radical (unpaired) electrons. The maximum atomic E-state index is 12.4. The van der Waals surface area contributed by atoms with Crippen LogP contribution in [0.25, 0.3) is 0 Å². The summed E-state index contributed by atoms with van der Waals surface area (Å²) in [5, 5.41) is 4.19. The number of nitrogens with zero attached hydrogens (tertiary/aromatic N) is 3. The van der Waals surface area contributed by atoms with E-state index in [-0.39, 0.29) is 4.90 Å². The highest BCUT2D eigenvalue weighted by atomic mass is 32.2. The Hall–Kier alpha value is -1.73. The van der Waals surface area contributed by atoms with Gasteiger partial charge in [-0.2, -0.15) is 9.41 Å². The molecule has 6 nitrogen and oxygen atoms in total. The van der Waals surface area contributed by atoms with E-state index in [0.29, 0.717) is 24.8 Å². The predicted molar refractivity (Wildman–Crippen MR) is 92.9 cm³/mol. The van der Waals surface area contributed by atoms with Gasteiger partial charge in [-0.3, -0.25) is 5.43 Å². The Morgan fingerprint density at radius 3 is 2.70 bits per heavy atom. The fraction of sp³-hybridized carbons (Fsp3) is 0.500. The molecule has 1 unspecified atom stereocenters. The highest BCUT2D eigenvalue weighted by Crippen LogP contribution is 2.17. The second-order valence-corrected chi connectivity index (χ2v) is 7.34. The van der Waals surface area contributed by atoms with Crippen molar-refractivity contribution < 1.29 is 8.42 Å². The molecule has 1 aromatic rings. The van der Waals surface area contributed by atoms with E-state index >= 15 is 0 Å². The quantitative estimate of drug-likeness (QED) is 0.472. The molecule has 1 N–H and O–H groups in total. The summed E-state index contributed by atoms with van der Waals surface area (Å²) in [6, 6.07) is 3.19. The van der Waals surface area contributed by atoms with Gasteiger partial charge in [0, 0.05) is 25.5 Å². The van der Waals surface area contributed by atoms with Crippen molar-refractivity contribution in [3.8, 4) is 0 Å². The zero-order valence-electron chi connectivity index (χ0n) is 13.6. The maximum Gasteiger partial charge on any atom is 0.244 e. The van der Waals surface area contributed by atoms with Gasteiger partial charge in [0.1, 0.15) is 10.7 Å². The normalized spacial score (nSPS) is 18.7. The van der Waals surface area contributed by atoms with Crippen LogP contribution in [0.3, 0.4) is 0 Å². The number of sulfonamides is 1. The molecule has 0 aliphatic heterocycles. The van der Waals surface area contributed by atoms with Crippen molar-refractivity contribution in [2.75, 3.05) is 18.5 Å². The third-order valence-electron chi connectivity index (χ3n) is 3.85. The Morgan fingerprint density at radius 2 is 2.13 bits per heavy atom. The van der Waals surface area contributed by atoms with Crippen LogP contribution < -0.4 is 5.43 Å². The van der Waals surface area contributed by atoms with Crippen LogP contribution in [0.1, 0.15) is 33.1 Å². The molecule has 0 spiro atoms. The summed E-state index contributed by atoms with van der Waals surface area (Å²) in [6.07, 6.45) is 10.8. The molecule has 7 heteroatoms. The first-order valence-corrected chi connectivity index (χ1v) is 9.42. The van der Waals surface area contributed by atoms with Crippen molar-refractivity contribution in [3.05, 3.63) is 30.5 Å². The molecular weight excluding hydrogens is 312 g/mol. The molecular formula is C16H24N4O2S. The lowest BCUT2D eigenvalue weighted by Gasteiger charge is -2.18. The van der Waals surface area contributed by atoms with E-state index < -0.39 is 10.0 Å². The topological polar surface area (TPSA) is 74.7 Å². The van der Waals surface area contributed by atoms with Gasteiger partial charge in [-0.1, -0.05) is 26.0 Å². The Morgan fingerprint density at radius 1 is 1.35 bits per heavy atom. The molecule has 0 aromatic carbocycles. The summed E-state index contributed by atoms with van der Waals surface area (Å²) in [6.45, 7) is 4.52. The number of allylic oxidation sites excluding steroid dienone is 2. The van der Waals surface area contributed by atoms with Gasteiger partial charge in [-0.15, -0.1) is 0 Å². The summed E-state index contributed by atoms with van der Waals surface area (Å²) in [5.41, 5.74) is 2.85. The molecule has 0 amide bonds. The maximum absolute atomic E-state index is 12.4. The zero-order chi connectivity index (χ0) is 16.7. The van der Waals surface area contributed by atoms with E-state index in [4.69, 9.17) is 0 Å². The van der Waals surface area contributed by atoms with Crippen LogP contribution >= 0.6 is 0 Å². The second-order valence-electron chi connectivity index (χ2n) is 5.40. The van der Waals surface area contributed by atoms with Gasteiger partial charge in [0.2, 0.25) is 10.0 Å². The first-order chi connectivity index (χ1) is 11.1. The Balaban J connectivity index is 1.99. The van der Waals surface area contributed by atoms with E-state index in [1.165, 1.54) is 10.5 Å². The second kappa shape index (κ2) is 8.21. The van der Waals surface area contributed by atoms with Gasteiger partial charge in [-0.25, -0.2) is 13.4 Å². The molecule has 23 heavy (non-hydrogen) atoms. The minimum Gasteiger partial charge on any atom is -0.262 e. The summed E-state index contributed by atoms with van der Waals surface area (Å²) >= 11 is 0. The SMILES string of the molecule is CCN(CC)S(=O)(=O)c1ccc(N/N=C/C2CC=CCC2)nc1. The smallest absolute Gasteiger partial charge is 0.244 e. The average molecular weight is 336 g/mol. The van der Waals surface area contributed by atoms with Crippen LogP contribution in [0.5, 0.6) is 0 Å². The van der Waals surface area contributed by atoms with E-state index in [1.54, 1.807) is 12.1 Å². The Bertz CT molecular complexity index is 649. The molecule has 126 valence electrons. The Labute approximate surface area is 138 Å². The Kier molecular flexibility index (Phi) is 6.29. The third-order valence-corrected chi connectivity index (χ3v) is 5.89. The first-order valence-electron chi connectivity index (χ1n) is 7.98. The van der Waals surface area contributed by atoms with E-state index in [0.717, 1.165) is 19.3 Å². The van der Waals surface area contributed by atoms with Crippen LogP contribution in [0, 0.1) is 5.92 Å². The lowest BCUT2D eigenvalue weighted by molar-refractivity contribution is 0.445. The fourth-order valence-corrected chi connectivity index (χ4v) is 3.88. The molecule has 0 bridgehead atoms. The van der Waals surface area contributed by atoms with Gasteiger partial charge in [0.25, 0.3) is 0 Å². The van der Waals surface area contributed by atoms with Crippen molar-refractivity contribution >= 4 is 22.1 Å². The van der Waals surface area contributed by atoms with Gasteiger partial charge in [-0.05, 0) is 37.3 Å². The predicted octanol–water partition coefficient (Wildman–Crippen LogP) is 2.87. The van der Waals surface area contributed by atoms with Gasteiger partial charge >= 0.3 is 0 Å². The number of hydrazone groups is 1. The molecule has 0 saturated carbocycles. The van der Waals surface area contributed by atoms with Crippen molar-refractivity contribution in [1.29, 1.82) is 0 Å². The molecule has 1 aliphatic rings. The largest absolute Gasteiger partial charge is 0.262 e. The number of nitrogens with one attached hydrogen (secondary N) is 1. The van der Waals surface area contributed by atoms with Gasteiger partial charge in [0.15, 0.2) is 0 Å². The fourth-order valence-electron chi connectivity index (χ4n) is 2.47. The lowest BCUT2D eigenvalue weighted by Crippen LogP contribution is -2.30. The molecule has 0 fully saturated rings. The van der Waals surface area contributed by atoms with E-state index in [9.17, 15) is 8.42 Å². The molecule has 1 heterocycles. The summed E-state index contributed by atoms with van der Waals surface area (Å²) in [5.74, 6) is 0.987. The third kappa shape index (κ3) is 4.62. The molecule has 1 atom stereocenters. The zero-order valence-corrected chi connectivity index (χ0v) is 14.5. The summed E-state index contributed by atoms with van der Waals surface area (Å²) < 4.78 is 26.1. The molecule has 2 rings (SSSR count). The van der Waals surface area contributed by atoms with Crippen LogP contribution in [0.15, 0.2) is 40.5 Å². The first kappa shape index (κ1) is 17.6. The van der Waals surface area contributed by atoms with Crippen LogP contribution in [0.2, 0.25) is 0 Å². The van der Waals surface area contributed by atoms with Crippen LogP contribution in [-0.4, -0.2) is 37.0 Å². The van der Waals surface area contributed by atoms with Gasteiger partial charge < -0.3 is 0 Å². The highest BCUT2D eigenvalue weighted by Gasteiger charge is 2.21. The standard InChI is InChI=1S/C16H24N4O2S/c1-3-20(4-2)23(21,22)15-10-11-16(17-13-15)19-18-12-14-8-6-5-7-9-14/h5-6,10-14H,3-4,7-9H2,1-2H3,(H,17,19)/b18-12+. The number of rotatable bonds is 7. The minimum atomic E-state index is -3.46. The average Bonchev–Trinajstić information content (AvgIpc) is 2.57. The van der Waals surface area contributed by atoms with Crippen molar-refractivity contribution in [1.82, 2.24) is 9.29 Å². The summed E-state index contributed by atoms with van der Waals surface area (Å²) in [7, 11) is -3.46. The number of pyridine rings is 1. The van der Waals surface area contributed by atoms with Crippen molar-refractivity contribution in [2.24, 2.45) is 11.0 Å².